The fourth-order valence-corrected chi connectivity index (χ4v) is 5.78. The van der Waals surface area contributed by atoms with Crippen molar-refractivity contribution in [2.24, 2.45) is 0 Å². The van der Waals surface area contributed by atoms with Crippen LogP contribution in [-0.4, -0.2) is 58.5 Å². The minimum atomic E-state index is -0.346. The number of H-pyrrole nitrogens is 1. The highest BCUT2D eigenvalue weighted by atomic mass is 16.5. The smallest absolute Gasteiger partial charge is 0.410 e. The van der Waals surface area contributed by atoms with Crippen LogP contribution < -0.4 is 0 Å². The fourth-order valence-electron chi connectivity index (χ4n) is 5.78. The van der Waals surface area contributed by atoms with Gasteiger partial charge in [-0.05, 0) is 74.4 Å². The van der Waals surface area contributed by atoms with E-state index in [1.165, 1.54) is 12.7 Å². The summed E-state index contributed by atoms with van der Waals surface area (Å²) in [6.07, 6.45) is 2.10. The van der Waals surface area contributed by atoms with Crippen LogP contribution in [0.3, 0.4) is 0 Å². The van der Waals surface area contributed by atoms with Gasteiger partial charge in [0.25, 0.3) is 5.91 Å². The van der Waals surface area contributed by atoms with E-state index in [0.717, 1.165) is 46.7 Å². The summed E-state index contributed by atoms with van der Waals surface area (Å²) >= 11 is 0. The summed E-state index contributed by atoms with van der Waals surface area (Å²) in [5, 5.41) is 9.05. The number of methoxy groups -OCH3 is 1. The van der Waals surface area contributed by atoms with Gasteiger partial charge >= 0.3 is 6.09 Å². The van der Waals surface area contributed by atoms with E-state index in [1.807, 2.05) is 56.0 Å². The van der Waals surface area contributed by atoms with Crippen molar-refractivity contribution in [2.45, 2.75) is 52.0 Å². The molecule has 2 aliphatic rings. The number of hydrogen-bond donors (Lipinski definition) is 1. The van der Waals surface area contributed by atoms with Crippen LogP contribution in [0.25, 0.3) is 11.4 Å². The number of amides is 2. The van der Waals surface area contributed by atoms with Gasteiger partial charge < -0.3 is 14.6 Å². The van der Waals surface area contributed by atoms with Crippen LogP contribution in [0.1, 0.15) is 75.7 Å². The number of nitrogens with zero attached hydrogens (tertiary/aromatic N) is 4. The molecule has 8 nitrogen and oxygen atoms in total. The summed E-state index contributed by atoms with van der Waals surface area (Å²) in [5.74, 6) is 1.16. The molecule has 0 spiro atoms. The van der Waals surface area contributed by atoms with E-state index >= 15 is 0 Å². The Kier molecular flexibility index (Phi) is 6.94. The van der Waals surface area contributed by atoms with E-state index in [9.17, 15) is 9.59 Å². The van der Waals surface area contributed by atoms with E-state index < -0.39 is 0 Å². The third-order valence-corrected chi connectivity index (χ3v) is 8.04. The van der Waals surface area contributed by atoms with Gasteiger partial charge in [0.05, 0.1) is 36.2 Å². The molecule has 38 heavy (non-hydrogen) atoms. The molecule has 1 saturated heterocycles. The first-order valence-corrected chi connectivity index (χ1v) is 13.1. The number of nitrogens with one attached hydrogen (secondary N) is 1. The van der Waals surface area contributed by atoms with Crippen LogP contribution in [0.2, 0.25) is 0 Å². The number of piperidine rings is 1. The standard InChI is InChI=1S/C30H33N5O3/c1-18-15-19(2)25(29(36)34-12-9-23(10-13-34)22-7-5-21(17-31)6-8-22)16-24(18)28-32-26-11-14-35(30(37)38-4)20(3)27(26)33-28/h5-8,15-16,20,23H,9-14H2,1-4H3,(H,32,33)/t20-/m1/s1. The van der Waals surface area contributed by atoms with Crippen molar-refractivity contribution in [3.63, 3.8) is 0 Å². The zero-order valence-corrected chi connectivity index (χ0v) is 22.4. The Hall–Kier alpha value is -4.12. The van der Waals surface area contributed by atoms with Crippen molar-refractivity contribution in [1.82, 2.24) is 19.8 Å². The fraction of sp³-hybridized carbons (Fsp3) is 0.400. The molecular formula is C30H33N5O3. The van der Waals surface area contributed by atoms with Crippen LogP contribution in [-0.2, 0) is 11.2 Å². The van der Waals surface area contributed by atoms with Gasteiger partial charge in [-0.2, -0.15) is 5.26 Å². The summed E-state index contributed by atoms with van der Waals surface area (Å²) < 4.78 is 4.94. The Morgan fingerprint density at radius 1 is 1.08 bits per heavy atom. The molecule has 0 radical (unpaired) electrons. The largest absolute Gasteiger partial charge is 0.453 e. The Morgan fingerprint density at radius 2 is 1.79 bits per heavy atom. The number of imidazole rings is 1. The maximum absolute atomic E-state index is 13.6. The van der Waals surface area contributed by atoms with Crippen LogP contribution in [0.15, 0.2) is 36.4 Å². The Morgan fingerprint density at radius 3 is 2.45 bits per heavy atom. The summed E-state index contributed by atoms with van der Waals surface area (Å²) in [5.41, 5.74) is 7.35. The number of rotatable bonds is 3. The lowest BCUT2D eigenvalue weighted by atomic mass is 9.88. The van der Waals surface area contributed by atoms with E-state index in [2.05, 4.69) is 17.1 Å². The zero-order valence-electron chi connectivity index (χ0n) is 22.4. The quantitative estimate of drug-likeness (QED) is 0.516. The number of benzene rings is 2. The number of carbonyl (C=O) groups excluding carboxylic acids is 2. The predicted octanol–water partition coefficient (Wildman–Crippen LogP) is 5.27. The minimum absolute atomic E-state index is 0.0450. The number of hydrogen-bond acceptors (Lipinski definition) is 5. The number of likely N-dealkylation sites (tertiary alicyclic amines) is 1. The molecule has 5 rings (SSSR count). The highest BCUT2D eigenvalue weighted by Crippen LogP contribution is 2.34. The van der Waals surface area contributed by atoms with Gasteiger partial charge in [0.2, 0.25) is 0 Å². The maximum atomic E-state index is 13.6. The molecule has 3 aromatic rings. The molecule has 0 saturated carbocycles. The first-order valence-electron chi connectivity index (χ1n) is 13.1. The van der Waals surface area contributed by atoms with Crippen LogP contribution >= 0.6 is 0 Å². The van der Waals surface area contributed by atoms with Gasteiger partial charge in [0.15, 0.2) is 0 Å². The number of nitriles is 1. The SMILES string of the molecule is COC(=O)N1CCc2nc(-c3cc(C(=O)N4CCC(c5ccc(C#N)cc5)CC4)c(C)cc3C)[nH]c2[C@H]1C. The van der Waals surface area contributed by atoms with E-state index in [-0.39, 0.29) is 18.0 Å². The van der Waals surface area contributed by atoms with Crippen molar-refractivity contribution in [3.05, 3.63) is 75.6 Å². The van der Waals surface area contributed by atoms with Gasteiger partial charge in [-0.15, -0.1) is 0 Å². The minimum Gasteiger partial charge on any atom is -0.453 e. The molecule has 196 valence electrons. The average molecular weight is 512 g/mol. The van der Waals surface area contributed by atoms with E-state index in [1.54, 1.807) is 4.90 Å². The Labute approximate surface area is 223 Å². The molecule has 8 heteroatoms. The third kappa shape index (κ3) is 4.65. The van der Waals surface area contributed by atoms with E-state index in [0.29, 0.717) is 43.1 Å². The van der Waals surface area contributed by atoms with Gasteiger partial charge in [0.1, 0.15) is 5.82 Å². The first kappa shape index (κ1) is 25.5. The number of ether oxygens (including phenoxy) is 1. The van der Waals surface area contributed by atoms with Crippen molar-refractivity contribution >= 4 is 12.0 Å². The second kappa shape index (κ2) is 10.3. The number of carbonyl (C=O) groups is 2. The maximum Gasteiger partial charge on any atom is 0.410 e. The summed E-state index contributed by atoms with van der Waals surface area (Å²) in [6, 6.07) is 13.8. The molecule has 2 aromatic carbocycles. The second-order valence-electron chi connectivity index (χ2n) is 10.3. The molecule has 3 heterocycles. The third-order valence-electron chi connectivity index (χ3n) is 8.04. The summed E-state index contributed by atoms with van der Waals surface area (Å²) in [6.45, 7) is 7.93. The number of fused-ring (bicyclic) bond motifs is 1. The lowest BCUT2D eigenvalue weighted by Crippen LogP contribution is -2.38. The second-order valence-corrected chi connectivity index (χ2v) is 10.3. The molecule has 1 aromatic heterocycles. The van der Waals surface area contributed by atoms with Crippen LogP contribution in [0.4, 0.5) is 4.79 Å². The van der Waals surface area contributed by atoms with Crippen molar-refractivity contribution in [1.29, 1.82) is 5.26 Å². The number of aromatic amines is 1. The monoisotopic (exact) mass is 511 g/mol. The van der Waals surface area contributed by atoms with Gasteiger partial charge in [0, 0.05) is 37.2 Å². The number of aryl methyl sites for hydroxylation is 2. The molecular weight excluding hydrogens is 478 g/mol. The molecule has 2 aliphatic heterocycles. The normalized spacial score (nSPS) is 17.6. The average Bonchev–Trinajstić information content (AvgIpc) is 3.38. The van der Waals surface area contributed by atoms with Crippen molar-refractivity contribution < 1.29 is 14.3 Å². The molecule has 1 atom stereocenters. The molecule has 0 bridgehead atoms. The van der Waals surface area contributed by atoms with Crippen molar-refractivity contribution in [3.8, 4) is 17.5 Å². The lowest BCUT2D eigenvalue weighted by molar-refractivity contribution is 0.0712. The van der Waals surface area contributed by atoms with E-state index in [4.69, 9.17) is 15.0 Å². The zero-order chi connectivity index (χ0) is 27.0. The highest BCUT2D eigenvalue weighted by Gasteiger charge is 2.32. The van der Waals surface area contributed by atoms with Crippen LogP contribution in [0.5, 0.6) is 0 Å². The van der Waals surface area contributed by atoms with Gasteiger partial charge in [-0.3, -0.25) is 9.69 Å². The highest BCUT2D eigenvalue weighted by molar-refractivity contribution is 5.97. The summed E-state index contributed by atoms with van der Waals surface area (Å²) in [7, 11) is 1.40. The molecule has 0 aliphatic carbocycles. The molecule has 1 fully saturated rings. The molecule has 0 unspecified atom stereocenters. The van der Waals surface area contributed by atoms with Crippen LogP contribution in [0, 0.1) is 25.2 Å². The lowest BCUT2D eigenvalue weighted by Gasteiger charge is -2.32. The predicted molar refractivity (Wildman–Crippen MR) is 144 cm³/mol. The van der Waals surface area contributed by atoms with Gasteiger partial charge in [-0.25, -0.2) is 9.78 Å². The number of aromatic nitrogens is 2. The molecule has 2 amide bonds. The Bertz CT molecular complexity index is 1410. The Balaban J connectivity index is 1.35. The van der Waals surface area contributed by atoms with Crippen molar-refractivity contribution in [2.75, 3.05) is 26.7 Å². The van der Waals surface area contributed by atoms with Gasteiger partial charge in [-0.1, -0.05) is 18.2 Å². The summed E-state index contributed by atoms with van der Waals surface area (Å²) in [4.78, 5) is 37.8. The molecule has 1 N–H and O–H groups in total. The first-order chi connectivity index (χ1) is 18.3. The topological polar surface area (TPSA) is 102 Å².